The summed E-state index contributed by atoms with van der Waals surface area (Å²) in [6.07, 6.45) is 0.796. The summed E-state index contributed by atoms with van der Waals surface area (Å²) in [5.41, 5.74) is 1.53. The molecular weight excluding hydrogens is 685 g/mol. The van der Waals surface area contributed by atoms with Gasteiger partial charge in [0.05, 0.1) is 24.8 Å². The number of hydrogen-bond donors (Lipinski definition) is 1. The van der Waals surface area contributed by atoms with Gasteiger partial charge in [-0.25, -0.2) is 0 Å². The van der Waals surface area contributed by atoms with Gasteiger partial charge in [-0.1, -0.05) is 65.4 Å². The van der Waals surface area contributed by atoms with Crippen LogP contribution in [0, 0.1) is 0 Å². The van der Waals surface area contributed by atoms with Crippen LogP contribution in [0.1, 0.15) is 43.0 Å². The van der Waals surface area contributed by atoms with Crippen molar-refractivity contribution in [1.29, 1.82) is 0 Å². The highest BCUT2D eigenvalue weighted by atomic mass is 35.5. The number of Topliss-reactive ketones (excluding diaryl/α,β-unsaturated/α-hetero) is 1. The number of thioether (sulfide) groups is 1. The minimum absolute atomic E-state index is 0.117. The number of carbonyl (C=O) groups excluding carboxylic acids is 2. The van der Waals surface area contributed by atoms with E-state index in [-0.39, 0.29) is 16.5 Å². The number of halogens is 2. The number of ketones is 1. The van der Waals surface area contributed by atoms with Gasteiger partial charge in [0.25, 0.3) is 5.78 Å². The first-order chi connectivity index (χ1) is 22.8. The average molecular weight is 715 g/mol. The van der Waals surface area contributed by atoms with Gasteiger partial charge >= 0.3 is 5.91 Å². The summed E-state index contributed by atoms with van der Waals surface area (Å²) in [6, 6.07) is 14.2. The van der Waals surface area contributed by atoms with Crippen LogP contribution >= 0.6 is 46.3 Å². The lowest BCUT2D eigenvalue weighted by Crippen LogP contribution is -2.29. The number of ether oxygens (including phenoxy) is 4. The molecule has 2 aliphatic rings. The fraction of sp³-hybridized carbons (Fsp3) is 0.273. The van der Waals surface area contributed by atoms with E-state index in [0.717, 1.165) is 23.3 Å². The summed E-state index contributed by atoms with van der Waals surface area (Å²) in [5, 5.41) is 21.5. The van der Waals surface area contributed by atoms with Gasteiger partial charge in [-0.05, 0) is 66.9 Å². The molecule has 0 spiro atoms. The van der Waals surface area contributed by atoms with Gasteiger partial charge in [0.15, 0.2) is 27.3 Å². The lowest BCUT2D eigenvalue weighted by molar-refractivity contribution is -0.132. The maximum Gasteiger partial charge on any atom is 0.301 e. The average Bonchev–Trinajstić information content (AvgIpc) is 3.64. The number of amides is 1. The fourth-order valence-corrected chi connectivity index (χ4v) is 7.55. The third-order valence-electron chi connectivity index (χ3n) is 7.27. The molecule has 1 amide bonds. The van der Waals surface area contributed by atoms with Crippen LogP contribution in [0.25, 0.3) is 5.76 Å². The molecule has 3 aromatic carbocycles. The van der Waals surface area contributed by atoms with Crippen LogP contribution in [0.5, 0.6) is 23.0 Å². The van der Waals surface area contributed by atoms with Crippen LogP contribution in [-0.2, 0) is 15.3 Å². The Labute approximate surface area is 289 Å². The Kier molecular flexibility index (Phi) is 10.1. The second-order valence-corrected chi connectivity index (χ2v) is 13.4. The van der Waals surface area contributed by atoms with Crippen molar-refractivity contribution in [2.75, 3.05) is 31.3 Å². The van der Waals surface area contributed by atoms with E-state index in [9.17, 15) is 14.7 Å². The first kappa shape index (κ1) is 33.0. The lowest BCUT2D eigenvalue weighted by Gasteiger charge is -2.24. The van der Waals surface area contributed by atoms with E-state index in [1.54, 1.807) is 48.5 Å². The smallest absolute Gasteiger partial charge is 0.301 e. The third-order valence-corrected chi connectivity index (χ3v) is 9.96. The molecule has 244 valence electrons. The first-order valence-electron chi connectivity index (χ1n) is 14.8. The predicted octanol–water partition coefficient (Wildman–Crippen LogP) is 7.72. The van der Waals surface area contributed by atoms with E-state index in [1.807, 2.05) is 19.9 Å². The summed E-state index contributed by atoms with van der Waals surface area (Å²) in [5.74, 6) is 0.299. The van der Waals surface area contributed by atoms with Gasteiger partial charge < -0.3 is 24.1 Å². The molecule has 0 saturated carbocycles. The van der Waals surface area contributed by atoms with E-state index < -0.39 is 17.7 Å². The molecule has 1 aromatic heterocycles. The van der Waals surface area contributed by atoms with E-state index in [2.05, 4.69) is 10.2 Å². The van der Waals surface area contributed by atoms with Crippen LogP contribution in [0.3, 0.4) is 0 Å². The number of aliphatic hydroxyl groups is 1. The Morgan fingerprint density at radius 1 is 1.00 bits per heavy atom. The minimum atomic E-state index is -1.06. The van der Waals surface area contributed by atoms with Crippen molar-refractivity contribution in [1.82, 2.24) is 10.2 Å². The highest BCUT2D eigenvalue weighted by Crippen LogP contribution is 2.46. The zero-order valence-corrected chi connectivity index (χ0v) is 28.5. The molecule has 10 nitrogen and oxygen atoms in total. The van der Waals surface area contributed by atoms with Gasteiger partial charge in [0.2, 0.25) is 5.13 Å². The van der Waals surface area contributed by atoms with Gasteiger partial charge in [-0.3, -0.25) is 14.5 Å². The van der Waals surface area contributed by atoms with E-state index >= 15 is 0 Å². The maximum absolute atomic E-state index is 13.8. The van der Waals surface area contributed by atoms with Crippen LogP contribution < -0.4 is 23.8 Å². The fourth-order valence-electron chi connectivity index (χ4n) is 5.12. The Balaban J connectivity index is 1.42. The van der Waals surface area contributed by atoms with Crippen molar-refractivity contribution in [3.63, 3.8) is 0 Å². The van der Waals surface area contributed by atoms with E-state index in [4.69, 9.17) is 42.1 Å². The van der Waals surface area contributed by atoms with Crippen molar-refractivity contribution in [2.45, 2.75) is 36.4 Å². The number of hydrogen-bond acceptors (Lipinski definition) is 11. The number of carbonyl (C=O) groups is 2. The quantitative estimate of drug-likeness (QED) is 0.0544. The zero-order valence-electron chi connectivity index (χ0n) is 25.3. The van der Waals surface area contributed by atoms with Crippen LogP contribution in [-0.4, -0.2) is 53.4 Å². The number of anilines is 1. The molecule has 2 aliphatic heterocycles. The molecule has 47 heavy (non-hydrogen) atoms. The minimum Gasteiger partial charge on any atom is -0.507 e. The standard InChI is InChI=1S/C33H29Cl2N3O7S2/c1-3-11-43-23-9-6-18(14-25(23)42-4-2)28-27(29(39)19-7-10-24-26(15-19)45-13-12-44-24)30(40)31(41)38(28)32-36-37-33(47-32)46-17-20-5-8-21(34)16-22(20)35/h5-10,14-16,28,39H,3-4,11-13,17H2,1-2H3. The molecule has 3 heterocycles. The van der Waals surface area contributed by atoms with Gasteiger partial charge in [0, 0.05) is 21.4 Å². The largest absolute Gasteiger partial charge is 0.507 e. The van der Waals surface area contributed by atoms with Crippen LogP contribution in [0.15, 0.2) is 64.5 Å². The van der Waals surface area contributed by atoms with Crippen molar-refractivity contribution in [2.24, 2.45) is 0 Å². The molecule has 0 radical (unpaired) electrons. The van der Waals surface area contributed by atoms with Crippen molar-refractivity contribution >= 4 is 68.9 Å². The molecular formula is C33H29Cl2N3O7S2. The molecule has 1 atom stereocenters. The number of benzene rings is 3. The van der Waals surface area contributed by atoms with Crippen LogP contribution in [0.2, 0.25) is 10.0 Å². The summed E-state index contributed by atoms with van der Waals surface area (Å²) in [6.45, 7) is 5.43. The van der Waals surface area contributed by atoms with Gasteiger partial charge in [-0.15, -0.1) is 10.2 Å². The molecule has 1 fully saturated rings. The second-order valence-electron chi connectivity index (χ2n) is 10.4. The van der Waals surface area contributed by atoms with Crippen molar-refractivity contribution in [3.8, 4) is 23.0 Å². The summed E-state index contributed by atoms with van der Waals surface area (Å²) in [4.78, 5) is 28.8. The Hall–Kier alpha value is -3.97. The molecule has 0 aliphatic carbocycles. The van der Waals surface area contributed by atoms with Crippen LogP contribution in [0.4, 0.5) is 5.13 Å². The SMILES string of the molecule is CCCOc1ccc(C2C(=C(O)c3ccc4c(c3)OCCO4)C(=O)C(=O)N2c2nnc(SCc3ccc(Cl)cc3Cl)s2)cc1OCC. The summed E-state index contributed by atoms with van der Waals surface area (Å²) < 4.78 is 23.7. The molecule has 14 heteroatoms. The normalized spacial score (nSPS) is 16.9. The number of nitrogens with zero attached hydrogens (tertiary/aromatic N) is 3. The highest BCUT2D eigenvalue weighted by molar-refractivity contribution is 8.00. The predicted molar refractivity (Wildman–Crippen MR) is 182 cm³/mol. The summed E-state index contributed by atoms with van der Waals surface area (Å²) >= 11 is 14.9. The molecule has 1 N–H and O–H groups in total. The number of aromatic nitrogens is 2. The van der Waals surface area contributed by atoms with Gasteiger partial charge in [0.1, 0.15) is 19.0 Å². The molecule has 1 saturated heterocycles. The Morgan fingerprint density at radius 3 is 2.57 bits per heavy atom. The number of rotatable bonds is 11. The summed E-state index contributed by atoms with van der Waals surface area (Å²) in [7, 11) is 0. The zero-order chi connectivity index (χ0) is 33.1. The van der Waals surface area contributed by atoms with E-state index in [0.29, 0.717) is 80.7 Å². The number of fused-ring (bicyclic) bond motifs is 1. The topological polar surface area (TPSA) is 120 Å². The second kappa shape index (κ2) is 14.4. The monoisotopic (exact) mass is 713 g/mol. The first-order valence-corrected chi connectivity index (χ1v) is 17.4. The maximum atomic E-state index is 13.8. The highest BCUT2D eigenvalue weighted by Gasteiger charge is 2.48. The molecule has 4 aromatic rings. The van der Waals surface area contributed by atoms with Crippen molar-refractivity contribution in [3.05, 3.63) is 86.9 Å². The van der Waals surface area contributed by atoms with E-state index in [1.165, 1.54) is 16.7 Å². The Bertz CT molecular complexity index is 1870. The molecule has 1 unspecified atom stereocenters. The number of aliphatic hydroxyl groups excluding tert-OH is 1. The van der Waals surface area contributed by atoms with Gasteiger partial charge in [-0.2, -0.15) is 0 Å². The molecule has 6 rings (SSSR count). The lowest BCUT2D eigenvalue weighted by atomic mass is 9.95. The molecule has 0 bridgehead atoms. The third kappa shape index (κ3) is 6.87. The Morgan fingerprint density at radius 2 is 1.81 bits per heavy atom. The van der Waals surface area contributed by atoms with Crippen molar-refractivity contribution < 1.29 is 33.6 Å².